The third-order valence-electron chi connectivity index (χ3n) is 4.20. The zero-order chi connectivity index (χ0) is 17.1. The van der Waals surface area contributed by atoms with Crippen LogP contribution in [0.2, 0.25) is 0 Å². The lowest BCUT2D eigenvalue weighted by molar-refractivity contribution is 0.0714. The van der Waals surface area contributed by atoms with Crippen LogP contribution in [0.5, 0.6) is 0 Å². The van der Waals surface area contributed by atoms with Crippen molar-refractivity contribution in [2.24, 2.45) is 0 Å². The van der Waals surface area contributed by atoms with Gasteiger partial charge in [-0.3, -0.25) is 4.79 Å². The fourth-order valence-corrected chi connectivity index (χ4v) is 3.88. The Morgan fingerprint density at radius 3 is 2.88 bits per heavy atom. The number of halogens is 1. The zero-order valence-corrected chi connectivity index (χ0v) is 14.7. The topological polar surface area (TPSA) is 51.2 Å². The Morgan fingerprint density at radius 2 is 2.21 bits per heavy atom. The maximum atomic E-state index is 13.0. The summed E-state index contributed by atoms with van der Waals surface area (Å²) in [6.07, 6.45) is 2.73. The number of benzene rings is 1. The summed E-state index contributed by atoms with van der Waals surface area (Å²) in [7, 11) is 0. The SMILES string of the molecule is Cc1nc(Cc2ccc(F)cc2)sc1C(=O)N[C@H](C)[C@@H]1CCCO1. The van der Waals surface area contributed by atoms with Crippen LogP contribution in [0, 0.1) is 12.7 Å². The molecule has 1 aromatic heterocycles. The van der Waals surface area contributed by atoms with Gasteiger partial charge in [0.2, 0.25) is 0 Å². The van der Waals surface area contributed by atoms with Crippen LogP contribution in [-0.2, 0) is 11.2 Å². The number of thiazole rings is 1. The average molecular weight is 348 g/mol. The van der Waals surface area contributed by atoms with E-state index in [4.69, 9.17) is 4.74 Å². The monoisotopic (exact) mass is 348 g/mol. The second-order valence-electron chi connectivity index (χ2n) is 6.14. The minimum absolute atomic E-state index is 0.0120. The number of nitrogens with zero attached hydrogens (tertiary/aromatic N) is 1. The highest BCUT2D eigenvalue weighted by atomic mass is 32.1. The number of hydrogen-bond acceptors (Lipinski definition) is 4. The van der Waals surface area contributed by atoms with Crippen molar-refractivity contribution in [1.29, 1.82) is 0 Å². The van der Waals surface area contributed by atoms with Gasteiger partial charge in [0.05, 0.1) is 22.8 Å². The molecule has 0 aliphatic carbocycles. The number of carbonyl (C=O) groups is 1. The van der Waals surface area contributed by atoms with Crippen molar-refractivity contribution in [1.82, 2.24) is 10.3 Å². The maximum Gasteiger partial charge on any atom is 0.263 e. The summed E-state index contributed by atoms with van der Waals surface area (Å²) in [5, 5.41) is 3.88. The van der Waals surface area contributed by atoms with E-state index in [1.54, 1.807) is 12.1 Å². The number of amides is 1. The minimum Gasteiger partial charge on any atom is -0.376 e. The third kappa shape index (κ3) is 3.99. The van der Waals surface area contributed by atoms with Crippen LogP contribution in [0.15, 0.2) is 24.3 Å². The van der Waals surface area contributed by atoms with E-state index in [9.17, 15) is 9.18 Å². The van der Waals surface area contributed by atoms with Crippen molar-refractivity contribution in [3.63, 3.8) is 0 Å². The number of ether oxygens (including phenoxy) is 1. The molecule has 1 aliphatic rings. The molecule has 6 heteroatoms. The number of rotatable bonds is 5. The Kier molecular flexibility index (Phi) is 5.26. The lowest BCUT2D eigenvalue weighted by Gasteiger charge is -2.19. The predicted molar refractivity (Wildman–Crippen MR) is 92.0 cm³/mol. The van der Waals surface area contributed by atoms with Gasteiger partial charge in [0, 0.05) is 13.0 Å². The quantitative estimate of drug-likeness (QED) is 0.900. The predicted octanol–water partition coefficient (Wildman–Crippen LogP) is 3.48. The van der Waals surface area contributed by atoms with Crippen LogP contribution in [-0.4, -0.2) is 29.6 Å². The summed E-state index contributed by atoms with van der Waals surface area (Å²) in [6, 6.07) is 6.35. The van der Waals surface area contributed by atoms with E-state index in [0.29, 0.717) is 11.3 Å². The first-order valence-electron chi connectivity index (χ1n) is 8.16. The van der Waals surface area contributed by atoms with Crippen LogP contribution in [0.1, 0.15) is 45.7 Å². The fourth-order valence-electron chi connectivity index (χ4n) is 2.88. The van der Waals surface area contributed by atoms with E-state index in [-0.39, 0.29) is 23.9 Å². The molecule has 1 amide bonds. The first-order chi connectivity index (χ1) is 11.5. The van der Waals surface area contributed by atoms with Gasteiger partial charge in [-0.25, -0.2) is 9.37 Å². The molecular formula is C18H21FN2O2S. The molecule has 2 aromatic rings. The van der Waals surface area contributed by atoms with Gasteiger partial charge in [-0.1, -0.05) is 12.1 Å². The van der Waals surface area contributed by atoms with E-state index in [1.165, 1.54) is 23.5 Å². The van der Waals surface area contributed by atoms with E-state index in [1.807, 2.05) is 13.8 Å². The Hall–Kier alpha value is -1.79. The van der Waals surface area contributed by atoms with Gasteiger partial charge in [-0.05, 0) is 44.4 Å². The highest BCUT2D eigenvalue weighted by molar-refractivity contribution is 7.13. The van der Waals surface area contributed by atoms with Crippen LogP contribution in [0.25, 0.3) is 0 Å². The molecule has 1 aromatic carbocycles. The van der Waals surface area contributed by atoms with E-state index >= 15 is 0 Å². The Bertz CT molecular complexity index is 708. The minimum atomic E-state index is -0.253. The lowest BCUT2D eigenvalue weighted by Crippen LogP contribution is -2.40. The summed E-state index contributed by atoms with van der Waals surface area (Å²) < 4.78 is 18.6. The molecular weight excluding hydrogens is 327 g/mol. The van der Waals surface area contributed by atoms with Crippen LogP contribution < -0.4 is 5.32 Å². The first kappa shape index (κ1) is 17.0. The van der Waals surface area contributed by atoms with Gasteiger partial charge >= 0.3 is 0 Å². The number of nitrogens with one attached hydrogen (secondary N) is 1. The Labute approximate surface area is 145 Å². The lowest BCUT2D eigenvalue weighted by atomic mass is 10.1. The summed E-state index contributed by atoms with van der Waals surface area (Å²) >= 11 is 1.39. The molecule has 2 heterocycles. The highest BCUT2D eigenvalue weighted by Gasteiger charge is 2.25. The zero-order valence-electron chi connectivity index (χ0n) is 13.8. The molecule has 0 saturated carbocycles. The van der Waals surface area contributed by atoms with Gasteiger partial charge < -0.3 is 10.1 Å². The van der Waals surface area contributed by atoms with Crippen LogP contribution in [0.3, 0.4) is 0 Å². The van der Waals surface area contributed by atoms with Crippen molar-refractivity contribution >= 4 is 17.2 Å². The molecule has 2 atom stereocenters. The molecule has 0 bridgehead atoms. The van der Waals surface area contributed by atoms with Crippen molar-refractivity contribution in [2.75, 3.05) is 6.61 Å². The average Bonchev–Trinajstić information content (AvgIpc) is 3.19. The molecule has 0 unspecified atom stereocenters. The van der Waals surface area contributed by atoms with Gasteiger partial charge in [0.25, 0.3) is 5.91 Å². The molecule has 1 saturated heterocycles. The summed E-state index contributed by atoms with van der Waals surface area (Å²) in [5.41, 5.74) is 1.71. The molecule has 1 aliphatic heterocycles. The van der Waals surface area contributed by atoms with E-state index < -0.39 is 0 Å². The van der Waals surface area contributed by atoms with Crippen molar-refractivity contribution in [2.45, 2.75) is 45.3 Å². The summed E-state index contributed by atoms with van der Waals surface area (Å²) in [6.45, 7) is 4.59. The van der Waals surface area contributed by atoms with E-state index in [2.05, 4.69) is 10.3 Å². The number of hydrogen-bond donors (Lipinski definition) is 1. The van der Waals surface area contributed by atoms with Crippen molar-refractivity contribution in [3.8, 4) is 0 Å². The Balaban J connectivity index is 1.66. The van der Waals surface area contributed by atoms with Gasteiger partial charge in [0.15, 0.2) is 0 Å². The molecule has 0 radical (unpaired) electrons. The molecule has 1 N–H and O–H groups in total. The molecule has 4 nitrogen and oxygen atoms in total. The fraction of sp³-hybridized carbons (Fsp3) is 0.444. The molecule has 1 fully saturated rings. The maximum absolute atomic E-state index is 13.0. The number of aryl methyl sites for hydroxylation is 1. The smallest absolute Gasteiger partial charge is 0.263 e. The van der Waals surface area contributed by atoms with Gasteiger partial charge in [-0.2, -0.15) is 0 Å². The van der Waals surface area contributed by atoms with Crippen LogP contribution >= 0.6 is 11.3 Å². The van der Waals surface area contributed by atoms with Crippen LogP contribution in [0.4, 0.5) is 4.39 Å². The van der Waals surface area contributed by atoms with E-state index in [0.717, 1.165) is 35.7 Å². The molecule has 3 rings (SSSR count). The third-order valence-corrected chi connectivity index (χ3v) is 5.35. The molecule has 128 valence electrons. The molecule has 0 spiro atoms. The first-order valence-corrected chi connectivity index (χ1v) is 8.98. The van der Waals surface area contributed by atoms with Crippen molar-refractivity contribution in [3.05, 3.63) is 51.2 Å². The second kappa shape index (κ2) is 7.40. The normalized spacial score (nSPS) is 18.5. The number of carbonyl (C=O) groups excluding carboxylic acids is 1. The largest absolute Gasteiger partial charge is 0.376 e. The standard InChI is InChI=1S/C18H21FN2O2S/c1-11(15-4-3-9-23-15)21-18(22)17-12(2)20-16(24-17)10-13-5-7-14(19)8-6-13/h5-8,11,15H,3-4,9-10H2,1-2H3,(H,21,22)/t11-,15+/m1/s1. The second-order valence-corrected chi connectivity index (χ2v) is 7.22. The summed E-state index contributed by atoms with van der Waals surface area (Å²) in [5.74, 6) is -0.351. The van der Waals surface area contributed by atoms with Crippen molar-refractivity contribution < 1.29 is 13.9 Å². The molecule has 24 heavy (non-hydrogen) atoms. The number of aromatic nitrogens is 1. The van der Waals surface area contributed by atoms with Gasteiger partial charge in [0.1, 0.15) is 10.7 Å². The Morgan fingerprint density at radius 1 is 1.46 bits per heavy atom. The summed E-state index contributed by atoms with van der Waals surface area (Å²) in [4.78, 5) is 17.6. The highest BCUT2D eigenvalue weighted by Crippen LogP contribution is 2.22. The van der Waals surface area contributed by atoms with Gasteiger partial charge in [-0.15, -0.1) is 11.3 Å².